The molecule has 1 amide bonds. The predicted molar refractivity (Wildman–Crippen MR) is 110 cm³/mol. The molecule has 0 bridgehead atoms. The average molecular weight is 370 g/mol. The van der Waals surface area contributed by atoms with Crippen LogP contribution >= 0.6 is 0 Å². The second kappa shape index (κ2) is 10.0. The summed E-state index contributed by atoms with van der Waals surface area (Å²) in [6.07, 6.45) is 0.102. The Morgan fingerprint density at radius 2 is 1.74 bits per heavy atom. The smallest absolute Gasteiger partial charge is 0.261 e. The van der Waals surface area contributed by atoms with Crippen molar-refractivity contribution in [3.63, 3.8) is 0 Å². The Bertz CT molecular complexity index is 735. The highest BCUT2D eigenvalue weighted by Crippen LogP contribution is 2.25. The van der Waals surface area contributed by atoms with Crippen LogP contribution in [0.2, 0.25) is 0 Å². The molecule has 0 aliphatic rings. The van der Waals surface area contributed by atoms with Gasteiger partial charge in [-0.1, -0.05) is 45.0 Å². The highest BCUT2D eigenvalue weighted by molar-refractivity contribution is 5.81. The van der Waals surface area contributed by atoms with Crippen LogP contribution in [0.3, 0.4) is 0 Å². The van der Waals surface area contributed by atoms with E-state index in [0.29, 0.717) is 25.5 Å². The molecule has 0 fully saturated rings. The molecule has 27 heavy (non-hydrogen) atoms. The third-order valence-electron chi connectivity index (χ3n) is 4.34. The van der Waals surface area contributed by atoms with E-state index < -0.39 is 6.10 Å². The fourth-order valence-corrected chi connectivity index (χ4v) is 3.03. The van der Waals surface area contributed by atoms with Crippen molar-refractivity contribution in [3.8, 4) is 11.5 Å². The van der Waals surface area contributed by atoms with Crippen molar-refractivity contribution in [1.29, 1.82) is 0 Å². The molecule has 0 unspecified atom stereocenters. The fraction of sp³-hybridized carbons (Fsp3) is 0.435. The van der Waals surface area contributed by atoms with E-state index in [2.05, 4.69) is 31.3 Å². The van der Waals surface area contributed by atoms with Gasteiger partial charge in [-0.2, -0.15) is 0 Å². The number of hydrogen-bond acceptors (Lipinski definition) is 3. The van der Waals surface area contributed by atoms with Gasteiger partial charge < -0.3 is 14.8 Å². The van der Waals surface area contributed by atoms with Gasteiger partial charge in [0.05, 0.1) is 6.54 Å². The van der Waals surface area contributed by atoms with Crippen LogP contribution in [-0.2, 0) is 4.79 Å². The zero-order valence-corrected chi connectivity index (χ0v) is 17.0. The van der Waals surface area contributed by atoms with E-state index in [1.54, 1.807) is 0 Å². The molecule has 1 N–H and O–H groups in total. The number of carbonyl (C=O) groups excluding carboxylic acids is 1. The Hall–Kier alpha value is -2.49. The third-order valence-corrected chi connectivity index (χ3v) is 4.34. The molecule has 146 valence electrons. The molecule has 1 atom stereocenters. The molecule has 0 heterocycles. The number of carbonyl (C=O) groups is 1. The summed E-state index contributed by atoms with van der Waals surface area (Å²) >= 11 is 0. The predicted octanol–water partition coefficient (Wildman–Crippen LogP) is 4.78. The topological polar surface area (TPSA) is 47.6 Å². The molecule has 2 aromatic carbocycles. The maximum Gasteiger partial charge on any atom is 0.261 e. The first-order valence-electron chi connectivity index (χ1n) is 9.65. The summed E-state index contributed by atoms with van der Waals surface area (Å²) in [6, 6.07) is 14.0. The number of nitrogens with one attached hydrogen (secondary N) is 1. The maximum atomic E-state index is 12.4. The lowest BCUT2D eigenvalue weighted by molar-refractivity contribution is -0.128. The fourth-order valence-electron chi connectivity index (χ4n) is 3.03. The van der Waals surface area contributed by atoms with Crippen molar-refractivity contribution >= 4 is 5.91 Å². The normalized spacial score (nSPS) is 11.9. The Labute approximate surface area is 162 Å². The quantitative estimate of drug-likeness (QED) is 0.647. The van der Waals surface area contributed by atoms with Crippen LogP contribution in [0, 0.1) is 13.8 Å². The molecule has 2 rings (SSSR count). The van der Waals surface area contributed by atoms with E-state index >= 15 is 0 Å². The number of para-hydroxylation sites is 1. The first-order valence-corrected chi connectivity index (χ1v) is 9.65. The number of rotatable bonds is 9. The molecule has 0 radical (unpaired) electrons. The van der Waals surface area contributed by atoms with Crippen molar-refractivity contribution in [2.24, 2.45) is 0 Å². The van der Waals surface area contributed by atoms with Crippen LogP contribution in [0.5, 0.6) is 11.5 Å². The van der Waals surface area contributed by atoms with Crippen molar-refractivity contribution in [1.82, 2.24) is 5.32 Å². The van der Waals surface area contributed by atoms with E-state index in [1.807, 2.05) is 51.1 Å². The Morgan fingerprint density at radius 3 is 2.37 bits per heavy atom. The summed E-state index contributed by atoms with van der Waals surface area (Å²) < 4.78 is 11.8. The lowest BCUT2D eigenvalue weighted by Crippen LogP contribution is -2.39. The van der Waals surface area contributed by atoms with Gasteiger partial charge >= 0.3 is 0 Å². The van der Waals surface area contributed by atoms with Crippen molar-refractivity contribution in [3.05, 3.63) is 59.2 Å². The lowest BCUT2D eigenvalue weighted by atomic mass is 10.0. The summed E-state index contributed by atoms with van der Waals surface area (Å²) in [5.41, 5.74) is 3.42. The van der Waals surface area contributed by atoms with E-state index in [0.717, 1.165) is 22.6 Å². The van der Waals surface area contributed by atoms with E-state index in [-0.39, 0.29) is 5.91 Å². The summed E-state index contributed by atoms with van der Waals surface area (Å²) in [6.45, 7) is 11.1. The second-order valence-corrected chi connectivity index (χ2v) is 7.17. The molecule has 0 aliphatic heterocycles. The molecule has 0 spiro atoms. The minimum absolute atomic E-state index is 0.114. The van der Waals surface area contributed by atoms with Gasteiger partial charge in [0.1, 0.15) is 18.1 Å². The number of ether oxygens (including phenoxy) is 2. The summed E-state index contributed by atoms with van der Waals surface area (Å²) in [7, 11) is 0. The van der Waals surface area contributed by atoms with Crippen molar-refractivity contribution in [2.45, 2.75) is 53.1 Å². The molecule has 0 saturated carbocycles. The van der Waals surface area contributed by atoms with Gasteiger partial charge in [-0.25, -0.2) is 0 Å². The van der Waals surface area contributed by atoms with Crippen LogP contribution in [-0.4, -0.2) is 25.2 Å². The maximum absolute atomic E-state index is 12.4. The Morgan fingerprint density at radius 1 is 1.07 bits per heavy atom. The van der Waals surface area contributed by atoms with Crippen LogP contribution in [0.4, 0.5) is 0 Å². The Balaban J connectivity index is 1.85. The summed E-state index contributed by atoms with van der Waals surface area (Å²) in [5.74, 6) is 1.89. The van der Waals surface area contributed by atoms with Gasteiger partial charge in [0, 0.05) is 0 Å². The highest BCUT2D eigenvalue weighted by atomic mass is 16.5. The number of benzene rings is 2. The van der Waals surface area contributed by atoms with Crippen LogP contribution in [0.1, 0.15) is 49.8 Å². The van der Waals surface area contributed by atoms with Crippen molar-refractivity contribution < 1.29 is 14.3 Å². The van der Waals surface area contributed by atoms with Gasteiger partial charge in [-0.15, -0.1) is 0 Å². The summed E-state index contributed by atoms with van der Waals surface area (Å²) in [4.78, 5) is 12.4. The van der Waals surface area contributed by atoms with Gasteiger partial charge in [0.2, 0.25) is 0 Å². The van der Waals surface area contributed by atoms with Gasteiger partial charge in [-0.05, 0) is 61.1 Å². The zero-order valence-electron chi connectivity index (χ0n) is 17.0. The molecular weight excluding hydrogens is 338 g/mol. The van der Waals surface area contributed by atoms with Crippen LogP contribution < -0.4 is 14.8 Å². The van der Waals surface area contributed by atoms with Gasteiger partial charge in [0.25, 0.3) is 5.91 Å². The number of amides is 1. The molecule has 2 aromatic rings. The van der Waals surface area contributed by atoms with Crippen LogP contribution in [0.15, 0.2) is 42.5 Å². The molecule has 4 heteroatoms. The Kier molecular flexibility index (Phi) is 7.71. The molecule has 4 nitrogen and oxygen atoms in total. The number of hydrogen-bond donors (Lipinski definition) is 1. The SMILES string of the molecule is CC[C@@H](Oc1cc(C)cc(C)c1)C(=O)NCCOc1ccccc1C(C)C. The van der Waals surface area contributed by atoms with E-state index in [4.69, 9.17) is 9.47 Å². The van der Waals surface area contributed by atoms with Gasteiger partial charge in [-0.3, -0.25) is 4.79 Å². The minimum atomic E-state index is -0.505. The first kappa shape index (κ1) is 20.8. The van der Waals surface area contributed by atoms with Gasteiger partial charge in [0.15, 0.2) is 6.10 Å². The molecular formula is C23H31NO3. The monoisotopic (exact) mass is 369 g/mol. The largest absolute Gasteiger partial charge is 0.491 e. The second-order valence-electron chi connectivity index (χ2n) is 7.17. The molecule has 0 aliphatic carbocycles. The standard InChI is InChI=1S/C23H31NO3/c1-6-21(27-19-14-17(4)13-18(5)15-19)23(25)24-11-12-26-22-10-8-7-9-20(22)16(2)3/h7-10,13-16,21H,6,11-12H2,1-5H3,(H,24,25)/t21-/m1/s1. The molecule has 0 aromatic heterocycles. The lowest BCUT2D eigenvalue weighted by Gasteiger charge is -2.18. The number of aryl methyl sites for hydroxylation is 2. The molecule has 0 saturated heterocycles. The van der Waals surface area contributed by atoms with Crippen LogP contribution in [0.25, 0.3) is 0 Å². The first-order chi connectivity index (χ1) is 12.9. The van der Waals surface area contributed by atoms with Crippen molar-refractivity contribution in [2.75, 3.05) is 13.2 Å². The van der Waals surface area contributed by atoms with E-state index in [9.17, 15) is 4.79 Å². The zero-order chi connectivity index (χ0) is 19.8. The third kappa shape index (κ3) is 6.31. The minimum Gasteiger partial charge on any atom is -0.491 e. The van der Waals surface area contributed by atoms with E-state index in [1.165, 1.54) is 5.56 Å². The summed E-state index contributed by atoms with van der Waals surface area (Å²) in [5, 5.41) is 2.91. The highest BCUT2D eigenvalue weighted by Gasteiger charge is 2.18. The average Bonchev–Trinajstić information content (AvgIpc) is 2.62.